The number of anilines is 1. The van der Waals surface area contributed by atoms with Crippen molar-refractivity contribution in [1.29, 1.82) is 0 Å². The largest absolute Gasteiger partial charge is 0.399 e. The predicted molar refractivity (Wildman–Crippen MR) is 49.9 cm³/mol. The number of hydrogen-bond acceptors (Lipinski definition) is 3. The van der Waals surface area contributed by atoms with Crippen LogP contribution in [0.1, 0.15) is 11.6 Å². The first-order chi connectivity index (χ1) is 5.65. The van der Waals surface area contributed by atoms with Gasteiger partial charge in [-0.05, 0) is 23.8 Å². The molecule has 0 aliphatic heterocycles. The van der Waals surface area contributed by atoms with E-state index in [0.717, 1.165) is 0 Å². The molecule has 0 aromatic heterocycles. The Morgan fingerprint density at radius 1 is 1.50 bits per heavy atom. The second-order valence-corrected chi connectivity index (χ2v) is 2.98. The summed E-state index contributed by atoms with van der Waals surface area (Å²) in [7, 11) is 0. The smallest absolute Gasteiger partial charge is 0.0624 e. The van der Waals surface area contributed by atoms with Gasteiger partial charge in [0.05, 0.1) is 12.6 Å². The fourth-order valence-corrected chi connectivity index (χ4v) is 1.20. The Bertz CT molecular complexity index is 278. The molecule has 0 aliphatic rings. The van der Waals surface area contributed by atoms with Gasteiger partial charge in [-0.2, -0.15) is 0 Å². The average molecular weight is 187 g/mol. The first-order valence-corrected chi connectivity index (χ1v) is 3.94. The summed E-state index contributed by atoms with van der Waals surface area (Å²) in [5.41, 5.74) is 12.4. The van der Waals surface area contributed by atoms with Crippen molar-refractivity contribution in [1.82, 2.24) is 0 Å². The monoisotopic (exact) mass is 186 g/mol. The van der Waals surface area contributed by atoms with Crippen LogP contribution < -0.4 is 11.5 Å². The Kier molecular flexibility index (Phi) is 2.92. The molecule has 0 saturated heterocycles. The minimum Gasteiger partial charge on any atom is -0.399 e. The fourth-order valence-electron chi connectivity index (χ4n) is 0.945. The Hall–Kier alpha value is -0.770. The Morgan fingerprint density at radius 3 is 2.75 bits per heavy atom. The van der Waals surface area contributed by atoms with Crippen LogP contribution in [0.5, 0.6) is 0 Å². The number of hydrogen-bond donors (Lipinski definition) is 3. The van der Waals surface area contributed by atoms with E-state index in [1.165, 1.54) is 0 Å². The van der Waals surface area contributed by atoms with E-state index in [1.54, 1.807) is 18.2 Å². The summed E-state index contributed by atoms with van der Waals surface area (Å²) in [5, 5.41) is 9.31. The third kappa shape index (κ3) is 1.88. The molecule has 0 aliphatic carbocycles. The third-order valence-corrected chi connectivity index (χ3v) is 1.96. The molecule has 4 heteroatoms. The lowest BCUT2D eigenvalue weighted by Gasteiger charge is -2.10. The van der Waals surface area contributed by atoms with Gasteiger partial charge in [0.25, 0.3) is 0 Å². The first kappa shape index (κ1) is 9.32. The molecule has 1 aromatic carbocycles. The molecule has 0 bridgehead atoms. The second-order valence-electron chi connectivity index (χ2n) is 2.57. The minimum atomic E-state index is -0.457. The Morgan fingerprint density at radius 2 is 2.17 bits per heavy atom. The maximum absolute atomic E-state index is 8.78. The van der Waals surface area contributed by atoms with E-state index in [2.05, 4.69) is 0 Å². The molecule has 1 rings (SSSR count). The molecule has 0 spiro atoms. The maximum atomic E-state index is 8.78. The second kappa shape index (κ2) is 3.76. The zero-order valence-corrected chi connectivity index (χ0v) is 7.25. The van der Waals surface area contributed by atoms with Gasteiger partial charge >= 0.3 is 0 Å². The summed E-state index contributed by atoms with van der Waals surface area (Å²) < 4.78 is 0. The lowest BCUT2D eigenvalue weighted by atomic mass is 10.1. The summed E-state index contributed by atoms with van der Waals surface area (Å²) in [6.45, 7) is -0.136. The van der Waals surface area contributed by atoms with E-state index in [9.17, 15) is 0 Å². The van der Waals surface area contributed by atoms with Crippen molar-refractivity contribution in [3.05, 3.63) is 28.8 Å². The van der Waals surface area contributed by atoms with E-state index in [4.69, 9.17) is 28.2 Å². The highest BCUT2D eigenvalue weighted by atomic mass is 35.5. The van der Waals surface area contributed by atoms with Crippen molar-refractivity contribution in [3.8, 4) is 0 Å². The van der Waals surface area contributed by atoms with Crippen molar-refractivity contribution in [2.24, 2.45) is 5.73 Å². The quantitative estimate of drug-likeness (QED) is 0.602. The van der Waals surface area contributed by atoms with Gasteiger partial charge < -0.3 is 16.6 Å². The number of nitrogen functional groups attached to an aromatic ring is 1. The third-order valence-electron chi connectivity index (χ3n) is 1.62. The number of aliphatic hydroxyl groups is 1. The Labute approximate surface area is 75.9 Å². The molecule has 0 saturated carbocycles. The van der Waals surface area contributed by atoms with Gasteiger partial charge in [-0.1, -0.05) is 11.6 Å². The summed E-state index contributed by atoms with van der Waals surface area (Å²) >= 11 is 5.82. The summed E-state index contributed by atoms with van der Waals surface area (Å²) in [6, 6.07) is 4.57. The van der Waals surface area contributed by atoms with Crippen molar-refractivity contribution in [2.75, 3.05) is 12.3 Å². The highest BCUT2D eigenvalue weighted by Crippen LogP contribution is 2.23. The first-order valence-electron chi connectivity index (χ1n) is 3.56. The van der Waals surface area contributed by atoms with E-state index in [-0.39, 0.29) is 6.61 Å². The number of benzene rings is 1. The summed E-state index contributed by atoms with van der Waals surface area (Å²) in [4.78, 5) is 0. The zero-order valence-electron chi connectivity index (χ0n) is 6.50. The molecule has 12 heavy (non-hydrogen) atoms. The summed E-state index contributed by atoms with van der Waals surface area (Å²) in [6.07, 6.45) is 0. The number of aliphatic hydroxyl groups excluding tert-OH is 1. The predicted octanol–water partition coefficient (Wildman–Crippen LogP) is 0.914. The molecule has 0 fully saturated rings. The van der Waals surface area contributed by atoms with E-state index in [1.807, 2.05) is 0 Å². The van der Waals surface area contributed by atoms with Gasteiger partial charge in [-0.3, -0.25) is 0 Å². The molecule has 0 radical (unpaired) electrons. The molecule has 1 aromatic rings. The van der Waals surface area contributed by atoms with Crippen LogP contribution in [0, 0.1) is 0 Å². The topological polar surface area (TPSA) is 72.3 Å². The van der Waals surface area contributed by atoms with Crippen LogP contribution in [-0.2, 0) is 0 Å². The van der Waals surface area contributed by atoms with Crippen LogP contribution >= 0.6 is 11.6 Å². The van der Waals surface area contributed by atoms with Gasteiger partial charge in [-0.25, -0.2) is 0 Å². The average Bonchev–Trinajstić information content (AvgIpc) is 2.08. The normalized spacial score (nSPS) is 12.9. The van der Waals surface area contributed by atoms with Gasteiger partial charge in [0.15, 0.2) is 0 Å². The summed E-state index contributed by atoms with van der Waals surface area (Å²) in [5.74, 6) is 0. The fraction of sp³-hybridized carbons (Fsp3) is 0.250. The number of rotatable bonds is 2. The van der Waals surface area contributed by atoms with Crippen LogP contribution in [0.3, 0.4) is 0 Å². The maximum Gasteiger partial charge on any atom is 0.0624 e. The molecule has 66 valence electrons. The van der Waals surface area contributed by atoms with Crippen molar-refractivity contribution >= 4 is 17.3 Å². The molecular weight excluding hydrogens is 176 g/mol. The SMILES string of the molecule is Nc1ccc(Cl)c([C@@H](N)CO)c1. The van der Waals surface area contributed by atoms with E-state index >= 15 is 0 Å². The standard InChI is InChI=1S/C8H11ClN2O/c9-7-2-1-5(10)3-6(7)8(11)4-12/h1-3,8,12H,4,10-11H2/t8-/m0/s1. The lowest BCUT2D eigenvalue weighted by molar-refractivity contribution is 0.268. The van der Waals surface area contributed by atoms with Gasteiger partial charge in [0, 0.05) is 10.7 Å². The van der Waals surface area contributed by atoms with Crippen LogP contribution in [0.4, 0.5) is 5.69 Å². The van der Waals surface area contributed by atoms with Crippen LogP contribution in [0.25, 0.3) is 0 Å². The molecule has 1 atom stereocenters. The van der Waals surface area contributed by atoms with Gasteiger partial charge in [0.2, 0.25) is 0 Å². The number of halogens is 1. The van der Waals surface area contributed by atoms with Crippen molar-refractivity contribution < 1.29 is 5.11 Å². The van der Waals surface area contributed by atoms with Crippen LogP contribution in [0.2, 0.25) is 5.02 Å². The highest BCUT2D eigenvalue weighted by Gasteiger charge is 2.08. The minimum absolute atomic E-state index is 0.136. The van der Waals surface area contributed by atoms with Gasteiger partial charge in [-0.15, -0.1) is 0 Å². The van der Waals surface area contributed by atoms with Crippen LogP contribution in [0.15, 0.2) is 18.2 Å². The van der Waals surface area contributed by atoms with E-state index < -0.39 is 6.04 Å². The Balaban J connectivity index is 3.04. The molecule has 3 nitrogen and oxygen atoms in total. The highest BCUT2D eigenvalue weighted by molar-refractivity contribution is 6.31. The molecular formula is C8H11ClN2O. The van der Waals surface area contributed by atoms with Gasteiger partial charge in [0.1, 0.15) is 0 Å². The zero-order chi connectivity index (χ0) is 9.14. The molecule has 0 amide bonds. The van der Waals surface area contributed by atoms with Crippen molar-refractivity contribution in [2.45, 2.75) is 6.04 Å². The number of nitrogens with two attached hydrogens (primary N) is 2. The van der Waals surface area contributed by atoms with Crippen molar-refractivity contribution in [3.63, 3.8) is 0 Å². The molecule has 5 N–H and O–H groups in total. The van der Waals surface area contributed by atoms with E-state index in [0.29, 0.717) is 16.3 Å². The van der Waals surface area contributed by atoms with Crippen LogP contribution in [-0.4, -0.2) is 11.7 Å². The molecule has 0 unspecified atom stereocenters. The lowest BCUT2D eigenvalue weighted by Crippen LogP contribution is -2.15. The molecule has 0 heterocycles.